The molecule has 0 aliphatic rings. The summed E-state index contributed by atoms with van der Waals surface area (Å²) in [7, 11) is -3.09. The van der Waals surface area contributed by atoms with Crippen molar-refractivity contribution in [2.24, 2.45) is 0 Å². The molecule has 0 aliphatic carbocycles. The standard InChI is InChI=1S/C17H16F3O3P/c1-2-3-6-12-7-4-5-8-15(12)23-13-9-10-16(24(21)22)14(11-13)17(18,19)20/h4-5,7-11H,2-3,6H2,1H3/p+1. The molecule has 0 spiro atoms. The van der Waals surface area contributed by atoms with Gasteiger partial charge in [-0.15, -0.1) is 0 Å². The lowest BCUT2D eigenvalue weighted by Gasteiger charge is -2.13. The molecule has 2 aromatic carbocycles. The second-order valence-electron chi connectivity index (χ2n) is 5.26. The van der Waals surface area contributed by atoms with Crippen LogP contribution in [0.4, 0.5) is 13.2 Å². The molecule has 7 heteroatoms. The summed E-state index contributed by atoms with van der Waals surface area (Å²) in [6, 6.07) is 10.2. The monoisotopic (exact) mass is 357 g/mol. The molecule has 2 aromatic rings. The van der Waals surface area contributed by atoms with E-state index >= 15 is 0 Å². The molecule has 0 heterocycles. The van der Waals surface area contributed by atoms with Crippen LogP contribution in [0.1, 0.15) is 30.9 Å². The smallest absolute Gasteiger partial charge is 0.457 e. The van der Waals surface area contributed by atoms with Crippen LogP contribution in [0.5, 0.6) is 11.5 Å². The number of para-hydroxylation sites is 1. The van der Waals surface area contributed by atoms with Gasteiger partial charge in [0.15, 0.2) is 0 Å². The van der Waals surface area contributed by atoms with Gasteiger partial charge in [0, 0.05) is 0 Å². The van der Waals surface area contributed by atoms with Crippen molar-refractivity contribution < 1.29 is 27.4 Å². The molecule has 0 saturated carbocycles. The molecule has 0 bridgehead atoms. The van der Waals surface area contributed by atoms with E-state index in [2.05, 4.69) is 0 Å². The van der Waals surface area contributed by atoms with Crippen molar-refractivity contribution in [2.75, 3.05) is 0 Å². The fourth-order valence-corrected chi connectivity index (χ4v) is 2.88. The zero-order valence-corrected chi connectivity index (χ0v) is 13.9. The number of halogens is 3. The minimum atomic E-state index is -4.73. The van der Waals surface area contributed by atoms with Crippen LogP contribution < -0.4 is 10.0 Å². The number of aryl methyl sites for hydroxylation is 1. The topological polar surface area (TPSA) is 46.5 Å². The Kier molecular flexibility index (Phi) is 5.97. The highest BCUT2D eigenvalue weighted by molar-refractivity contribution is 7.47. The predicted molar refractivity (Wildman–Crippen MR) is 86.0 cm³/mol. The first-order valence-electron chi connectivity index (χ1n) is 7.46. The molecular formula is C17H17F3O3P+. The van der Waals surface area contributed by atoms with Gasteiger partial charge in [0.2, 0.25) is 5.30 Å². The van der Waals surface area contributed by atoms with E-state index in [1.165, 1.54) is 6.07 Å². The number of hydrogen-bond acceptors (Lipinski definition) is 2. The summed E-state index contributed by atoms with van der Waals surface area (Å²) in [6.45, 7) is 2.05. The second-order valence-corrected chi connectivity index (χ2v) is 6.29. The Morgan fingerprint density at radius 2 is 1.88 bits per heavy atom. The molecule has 1 unspecified atom stereocenters. The van der Waals surface area contributed by atoms with Crippen LogP contribution in [0.2, 0.25) is 0 Å². The maximum atomic E-state index is 13.1. The highest BCUT2D eigenvalue weighted by Crippen LogP contribution is 2.36. The minimum Gasteiger partial charge on any atom is -0.457 e. The van der Waals surface area contributed by atoms with Gasteiger partial charge in [-0.25, -0.2) is 0 Å². The Balaban J connectivity index is 2.36. The van der Waals surface area contributed by atoms with Gasteiger partial charge >= 0.3 is 14.2 Å². The van der Waals surface area contributed by atoms with E-state index in [9.17, 15) is 17.7 Å². The molecule has 0 amide bonds. The van der Waals surface area contributed by atoms with Gasteiger partial charge in [0.05, 0.1) is 0 Å². The number of hydrogen-bond donors (Lipinski definition) is 1. The van der Waals surface area contributed by atoms with E-state index in [0.29, 0.717) is 5.75 Å². The third-order valence-electron chi connectivity index (χ3n) is 3.48. The van der Waals surface area contributed by atoms with Gasteiger partial charge in [0.25, 0.3) is 0 Å². The van der Waals surface area contributed by atoms with Crippen LogP contribution in [-0.2, 0) is 17.2 Å². The maximum Gasteiger partial charge on any atom is 0.546 e. The van der Waals surface area contributed by atoms with E-state index in [-0.39, 0.29) is 5.75 Å². The van der Waals surface area contributed by atoms with E-state index in [4.69, 9.17) is 9.63 Å². The predicted octanol–water partition coefficient (Wildman–Crippen LogP) is 5.20. The Hall–Kier alpha value is -1.91. The third kappa shape index (κ3) is 4.56. The molecule has 0 fully saturated rings. The fraction of sp³-hybridized carbons (Fsp3) is 0.294. The Labute approximate surface area is 139 Å². The van der Waals surface area contributed by atoms with Crippen LogP contribution in [0.3, 0.4) is 0 Å². The normalized spacial score (nSPS) is 12.1. The third-order valence-corrected chi connectivity index (χ3v) is 4.28. The van der Waals surface area contributed by atoms with E-state index in [1.807, 2.05) is 19.1 Å². The van der Waals surface area contributed by atoms with Crippen molar-refractivity contribution in [3.05, 3.63) is 53.6 Å². The lowest BCUT2D eigenvalue weighted by molar-refractivity contribution is -0.136. The summed E-state index contributed by atoms with van der Waals surface area (Å²) in [5.41, 5.74) is -0.250. The lowest BCUT2D eigenvalue weighted by Crippen LogP contribution is -2.16. The molecule has 0 saturated heterocycles. The summed E-state index contributed by atoms with van der Waals surface area (Å²) in [5, 5.41) is -0.649. The molecular weight excluding hydrogens is 340 g/mol. The first-order valence-corrected chi connectivity index (χ1v) is 8.67. The number of rotatable bonds is 6. The average molecular weight is 357 g/mol. The SMILES string of the molecule is CCCCc1ccccc1Oc1ccc([P+](=O)O)c(C(F)(F)F)c1. The quantitative estimate of drug-likeness (QED) is 0.723. The maximum absolute atomic E-state index is 13.1. The Bertz CT molecular complexity index is 729. The summed E-state index contributed by atoms with van der Waals surface area (Å²) in [6.07, 6.45) is -2.04. The largest absolute Gasteiger partial charge is 0.546 e. The van der Waals surface area contributed by atoms with Gasteiger partial charge < -0.3 is 4.74 Å². The molecule has 24 heavy (non-hydrogen) atoms. The number of unbranched alkanes of at least 4 members (excludes halogenated alkanes) is 1. The summed E-state index contributed by atoms with van der Waals surface area (Å²) in [4.78, 5) is 9.06. The fourth-order valence-electron chi connectivity index (χ4n) is 2.28. The summed E-state index contributed by atoms with van der Waals surface area (Å²) in [5.74, 6) is 0.465. The van der Waals surface area contributed by atoms with Crippen molar-refractivity contribution in [3.8, 4) is 11.5 Å². The number of alkyl halides is 3. The zero-order chi connectivity index (χ0) is 17.7. The van der Waals surface area contributed by atoms with Crippen molar-refractivity contribution in [3.63, 3.8) is 0 Å². The average Bonchev–Trinajstić information content (AvgIpc) is 2.53. The molecule has 3 nitrogen and oxygen atoms in total. The van der Waals surface area contributed by atoms with Gasteiger partial charge in [-0.1, -0.05) is 31.5 Å². The molecule has 2 rings (SSSR count). The first kappa shape index (κ1) is 18.4. The summed E-state index contributed by atoms with van der Waals surface area (Å²) < 4.78 is 56.0. The molecule has 0 aliphatic heterocycles. The van der Waals surface area contributed by atoms with Crippen molar-refractivity contribution in [1.82, 2.24) is 0 Å². The lowest BCUT2D eigenvalue weighted by atomic mass is 10.1. The van der Waals surface area contributed by atoms with E-state index in [1.54, 1.807) is 12.1 Å². The van der Waals surface area contributed by atoms with E-state index < -0.39 is 25.1 Å². The van der Waals surface area contributed by atoms with Gasteiger partial charge in [-0.3, -0.25) is 0 Å². The molecule has 1 N–H and O–H groups in total. The second kappa shape index (κ2) is 7.77. The van der Waals surface area contributed by atoms with Crippen LogP contribution in [0.25, 0.3) is 0 Å². The Morgan fingerprint density at radius 1 is 1.17 bits per heavy atom. The van der Waals surface area contributed by atoms with Crippen LogP contribution in [0.15, 0.2) is 42.5 Å². The highest BCUT2D eigenvalue weighted by Gasteiger charge is 2.40. The van der Waals surface area contributed by atoms with Crippen molar-refractivity contribution in [2.45, 2.75) is 32.4 Å². The van der Waals surface area contributed by atoms with E-state index in [0.717, 1.165) is 37.0 Å². The van der Waals surface area contributed by atoms with Crippen LogP contribution >= 0.6 is 8.03 Å². The van der Waals surface area contributed by atoms with Crippen LogP contribution in [-0.4, -0.2) is 4.89 Å². The zero-order valence-electron chi connectivity index (χ0n) is 13.0. The summed E-state index contributed by atoms with van der Waals surface area (Å²) >= 11 is 0. The number of benzene rings is 2. The Morgan fingerprint density at radius 3 is 2.50 bits per heavy atom. The van der Waals surface area contributed by atoms with Crippen molar-refractivity contribution in [1.29, 1.82) is 0 Å². The highest BCUT2D eigenvalue weighted by atomic mass is 31.1. The number of ether oxygens (including phenoxy) is 1. The van der Waals surface area contributed by atoms with Crippen LogP contribution in [0, 0.1) is 0 Å². The molecule has 0 aromatic heterocycles. The van der Waals surface area contributed by atoms with Gasteiger partial charge in [-0.05, 0) is 47.2 Å². The van der Waals surface area contributed by atoms with Gasteiger partial charge in [-0.2, -0.15) is 18.1 Å². The molecule has 1 atom stereocenters. The van der Waals surface area contributed by atoms with Gasteiger partial charge in [0.1, 0.15) is 17.1 Å². The first-order chi connectivity index (χ1) is 11.3. The molecule has 0 radical (unpaired) electrons. The van der Waals surface area contributed by atoms with Crippen molar-refractivity contribution >= 4 is 13.3 Å². The minimum absolute atomic E-state index is 0.0214. The molecule has 128 valence electrons.